The van der Waals surface area contributed by atoms with Gasteiger partial charge in [-0.2, -0.15) is 22.3 Å². The molecule has 4 nitrogen and oxygen atoms in total. The zero-order valence-corrected chi connectivity index (χ0v) is 20.2. The van der Waals surface area contributed by atoms with Crippen LogP contribution in [-0.2, 0) is 33.1 Å². The molecule has 0 aliphatic rings. The fraction of sp³-hybridized carbons (Fsp3) is 0.172. The van der Waals surface area contributed by atoms with E-state index in [4.69, 9.17) is 0 Å². The van der Waals surface area contributed by atoms with Gasteiger partial charge in [-0.05, 0) is 23.3 Å². The van der Waals surface area contributed by atoms with Crippen molar-refractivity contribution >= 4 is 0 Å². The summed E-state index contributed by atoms with van der Waals surface area (Å²) in [4.78, 5) is 0. The minimum atomic E-state index is -4.48. The Bertz CT molecular complexity index is 1380. The fourth-order valence-electron chi connectivity index (χ4n) is 4.50. The molecule has 182 valence electrons. The molecule has 0 aliphatic carbocycles. The van der Waals surface area contributed by atoms with Crippen molar-refractivity contribution in [1.29, 1.82) is 0 Å². The van der Waals surface area contributed by atoms with Crippen LogP contribution in [0.2, 0.25) is 0 Å². The summed E-state index contributed by atoms with van der Waals surface area (Å²) in [6, 6.07) is 24.1. The topological polar surface area (TPSA) is 17.6 Å². The molecule has 0 saturated heterocycles. The molecule has 0 spiro atoms. The van der Waals surface area contributed by atoms with Crippen molar-refractivity contribution in [2.45, 2.75) is 19.0 Å². The van der Waals surface area contributed by atoms with Crippen LogP contribution in [0.4, 0.5) is 13.2 Å². The van der Waals surface area contributed by atoms with E-state index in [1.807, 2.05) is 124 Å². The van der Waals surface area contributed by atoms with Gasteiger partial charge < -0.3 is 0 Å². The number of rotatable bonds is 6. The van der Waals surface area contributed by atoms with Crippen LogP contribution in [0.25, 0.3) is 11.4 Å². The number of benzene rings is 3. The monoisotopic (exact) mass is 488 g/mol. The Balaban J connectivity index is 1.63. The number of alkyl halides is 3. The van der Waals surface area contributed by atoms with Crippen molar-refractivity contribution < 1.29 is 22.3 Å². The zero-order chi connectivity index (χ0) is 25.3. The Morgan fingerprint density at radius 2 is 1.06 bits per heavy atom. The van der Waals surface area contributed by atoms with Gasteiger partial charge in [0.25, 0.3) is 11.6 Å². The summed E-state index contributed by atoms with van der Waals surface area (Å²) in [5.41, 5.74) is 2.42. The molecule has 0 aliphatic heterocycles. The molecule has 0 saturated carbocycles. The molecule has 5 rings (SSSR count). The maximum Gasteiger partial charge on any atom is 0.416 e. The number of hydrogen-bond donors (Lipinski definition) is 0. The van der Waals surface area contributed by atoms with Crippen LogP contribution >= 0.6 is 0 Å². The minimum Gasteiger partial charge on any atom is -0.236 e. The lowest BCUT2D eigenvalue weighted by atomic mass is 10.1. The normalized spacial score (nSPS) is 11.7. The van der Waals surface area contributed by atoms with E-state index in [0.717, 1.165) is 22.8 Å². The number of imidazole rings is 2. The number of nitrogens with zero attached hydrogens (tertiary/aromatic N) is 4. The highest BCUT2D eigenvalue weighted by Gasteiger charge is 2.34. The lowest BCUT2D eigenvalue weighted by molar-refractivity contribution is -0.678. The van der Waals surface area contributed by atoms with Gasteiger partial charge in [0.2, 0.25) is 0 Å². The zero-order valence-electron chi connectivity index (χ0n) is 20.2. The molecular weight excluding hydrogens is 461 g/mol. The van der Waals surface area contributed by atoms with Gasteiger partial charge in [-0.3, -0.25) is 0 Å². The maximum absolute atomic E-state index is 14.1. The summed E-state index contributed by atoms with van der Waals surface area (Å²) in [6.45, 7) is 0. The first-order valence-electron chi connectivity index (χ1n) is 11.7. The second-order valence-electron chi connectivity index (χ2n) is 8.95. The number of aromatic nitrogens is 4. The molecule has 7 heteroatoms. The number of aryl methyl sites for hydroxylation is 2. The molecule has 0 amide bonds. The molecule has 3 aromatic carbocycles. The van der Waals surface area contributed by atoms with E-state index in [0.29, 0.717) is 24.2 Å². The van der Waals surface area contributed by atoms with Gasteiger partial charge in [0.15, 0.2) is 0 Å². The Labute approximate surface area is 208 Å². The van der Waals surface area contributed by atoms with Crippen LogP contribution in [0.15, 0.2) is 104 Å². The standard InChI is InChI=1S/C29H27F3N4/c1-33-13-15-35(27(33)17-22-9-5-3-6-10-22)25-19-24(29(30,31)32)20-26(21-25)36-16-14-34(2)28(36)18-23-11-7-4-8-12-23/h3-16,19-21H,17-18H2,1-2H3/q+2. The van der Waals surface area contributed by atoms with Crippen molar-refractivity contribution in [2.24, 2.45) is 14.1 Å². The van der Waals surface area contributed by atoms with Crippen molar-refractivity contribution in [3.8, 4) is 11.4 Å². The molecule has 0 radical (unpaired) electrons. The van der Waals surface area contributed by atoms with Gasteiger partial charge in [-0.1, -0.05) is 60.7 Å². The summed E-state index contributed by atoms with van der Waals surface area (Å²) < 4.78 is 49.7. The van der Waals surface area contributed by atoms with Crippen LogP contribution < -0.4 is 9.13 Å². The van der Waals surface area contributed by atoms with E-state index < -0.39 is 11.7 Å². The summed E-state index contributed by atoms with van der Waals surface area (Å²) in [5.74, 6) is 1.77. The van der Waals surface area contributed by atoms with Gasteiger partial charge in [0.05, 0.1) is 32.5 Å². The van der Waals surface area contributed by atoms with Gasteiger partial charge in [0.1, 0.15) is 36.2 Å². The highest BCUT2D eigenvalue weighted by molar-refractivity contribution is 5.49. The van der Waals surface area contributed by atoms with Crippen molar-refractivity contribution in [3.05, 3.63) is 132 Å². The SMILES string of the molecule is C[n+]1ccn(-c2cc(-n3cc[n+](C)c3Cc3ccccc3)cc(C(F)(F)F)c2)c1Cc1ccccc1. The summed E-state index contributed by atoms with van der Waals surface area (Å²) in [6.07, 6.45) is 4.08. The largest absolute Gasteiger partial charge is 0.416 e. The van der Waals surface area contributed by atoms with Gasteiger partial charge in [-0.25, -0.2) is 9.13 Å². The molecule has 0 unspecified atom stereocenters. The van der Waals surface area contributed by atoms with Crippen LogP contribution in [0.3, 0.4) is 0 Å². The first-order valence-corrected chi connectivity index (χ1v) is 11.7. The van der Waals surface area contributed by atoms with Crippen molar-refractivity contribution in [3.63, 3.8) is 0 Å². The van der Waals surface area contributed by atoms with E-state index in [-0.39, 0.29) is 0 Å². The average molecular weight is 489 g/mol. The van der Waals surface area contributed by atoms with Crippen LogP contribution in [0, 0.1) is 0 Å². The fourth-order valence-corrected chi connectivity index (χ4v) is 4.50. The van der Waals surface area contributed by atoms with E-state index in [1.54, 1.807) is 0 Å². The third-order valence-corrected chi connectivity index (χ3v) is 6.45. The van der Waals surface area contributed by atoms with Gasteiger partial charge in [-0.15, -0.1) is 0 Å². The van der Waals surface area contributed by atoms with Crippen molar-refractivity contribution in [2.75, 3.05) is 0 Å². The first kappa shape index (κ1) is 23.6. The Morgan fingerprint density at radius 1 is 0.639 bits per heavy atom. The minimum absolute atomic E-state index is 0.466. The lowest BCUT2D eigenvalue weighted by Gasteiger charge is -2.11. The van der Waals surface area contributed by atoms with Gasteiger partial charge >= 0.3 is 6.18 Å². The molecule has 0 fully saturated rings. The van der Waals surface area contributed by atoms with E-state index in [9.17, 15) is 13.2 Å². The highest BCUT2D eigenvalue weighted by Crippen LogP contribution is 2.33. The summed E-state index contributed by atoms with van der Waals surface area (Å²) in [7, 11) is 3.82. The molecule has 0 atom stereocenters. The third-order valence-electron chi connectivity index (χ3n) is 6.45. The molecular formula is C29H27F3N4+2. The maximum atomic E-state index is 14.1. The molecule has 5 aromatic rings. The number of halogens is 3. The third kappa shape index (κ3) is 4.82. The number of hydrogen-bond acceptors (Lipinski definition) is 0. The van der Waals surface area contributed by atoms with Gasteiger partial charge in [0, 0.05) is 6.07 Å². The molecule has 2 aromatic heterocycles. The highest BCUT2D eigenvalue weighted by atomic mass is 19.4. The van der Waals surface area contributed by atoms with Crippen LogP contribution in [0.5, 0.6) is 0 Å². The van der Waals surface area contributed by atoms with Crippen LogP contribution in [0.1, 0.15) is 28.3 Å². The van der Waals surface area contributed by atoms with E-state index in [1.165, 1.54) is 12.1 Å². The predicted octanol–water partition coefficient (Wildman–Crippen LogP) is 5.12. The van der Waals surface area contributed by atoms with Crippen LogP contribution in [-0.4, -0.2) is 9.13 Å². The summed E-state index contributed by atoms with van der Waals surface area (Å²) >= 11 is 0. The molecule has 36 heavy (non-hydrogen) atoms. The average Bonchev–Trinajstić information content (AvgIpc) is 3.42. The van der Waals surface area contributed by atoms with E-state index >= 15 is 0 Å². The molecule has 0 bridgehead atoms. The Morgan fingerprint density at radius 3 is 1.44 bits per heavy atom. The van der Waals surface area contributed by atoms with Crippen molar-refractivity contribution in [1.82, 2.24) is 9.13 Å². The first-order chi connectivity index (χ1) is 17.3. The second kappa shape index (κ2) is 9.49. The second-order valence-corrected chi connectivity index (χ2v) is 8.95. The molecule has 0 N–H and O–H groups in total. The smallest absolute Gasteiger partial charge is 0.236 e. The van der Waals surface area contributed by atoms with E-state index in [2.05, 4.69) is 0 Å². The molecule has 2 heterocycles. The predicted molar refractivity (Wildman–Crippen MR) is 131 cm³/mol. The Hall–Kier alpha value is -4.13. The Kier molecular flexibility index (Phi) is 6.22. The quantitative estimate of drug-likeness (QED) is 0.296. The lowest BCUT2D eigenvalue weighted by Crippen LogP contribution is -2.32. The summed E-state index contributed by atoms with van der Waals surface area (Å²) in [5, 5.41) is 0.